The van der Waals surface area contributed by atoms with Crippen LogP contribution in [0.15, 0.2) is 23.0 Å². The Balaban J connectivity index is 5.21. The minimum atomic E-state index is -1.31. The summed E-state index contributed by atoms with van der Waals surface area (Å²) in [5, 5.41) is 1.39. The maximum absolute atomic E-state index is 3.51. The van der Waals surface area contributed by atoms with E-state index in [0.29, 0.717) is 0 Å². The van der Waals surface area contributed by atoms with Gasteiger partial charge in [0.15, 0.2) is 0 Å². The van der Waals surface area contributed by atoms with Gasteiger partial charge in [-0.05, 0) is 5.20 Å². The third kappa shape index (κ3) is 9.69. The van der Waals surface area contributed by atoms with Gasteiger partial charge in [0.25, 0.3) is 0 Å². The maximum Gasteiger partial charge on any atom is 0.129 e. The Kier molecular flexibility index (Phi) is 6.12. The summed E-state index contributed by atoms with van der Waals surface area (Å²) < 4.78 is 0. The molecule has 0 unspecified atom stereocenters. The van der Waals surface area contributed by atoms with Crippen molar-refractivity contribution in [2.75, 3.05) is 0 Å². The van der Waals surface area contributed by atoms with Crippen LogP contribution in [0.2, 0.25) is 58.9 Å². The highest BCUT2D eigenvalue weighted by Gasteiger charge is 2.18. The summed E-state index contributed by atoms with van der Waals surface area (Å²) in [4.78, 5) is 0. The molecule has 0 bridgehead atoms. The zero-order valence-corrected chi connectivity index (χ0v) is 16.7. The number of allylic oxidation sites excluding steroid dienone is 3. The van der Waals surface area contributed by atoms with Crippen LogP contribution in [0, 0.1) is 11.5 Å². The summed E-state index contributed by atoms with van der Waals surface area (Å²) in [5.41, 5.74) is 5.90. The van der Waals surface area contributed by atoms with Crippen molar-refractivity contribution in [2.24, 2.45) is 0 Å². The van der Waals surface area contributed by atoms with E-state index in [1.807, 2.05) is 0 Å². The van der Waals surface area contributed by atoms with Crippen LogP contribution >= 0.6 is 0 Å². The quantitative estimate of drug-likeness (QED) is 0.386. The lowest BCUT2D eigenvalue weighted by atomic mass is 10.5. The van der Waals surface area contributed by atoms with Gasteiger partial charge in [-0.1, -0.05) is 82.7 Å². The molecule has 0 atom stereocenters. The highest BCUT2D eigenvalue weighted by atomic mass is 28.3. The fourth-order valence-corrected chi connectivity index (χ4v) is 3.51. The van der Waals surface area contributed by atoms with Crippen molar-refractivity contribution < 1.29 is 0 Å². The van der Waals surface area contributed by atoms with E-state index in [-0.39, 0.29) is 0 Å². The van der Waals surface area contributed by atoms with Gasteiger partial charge in [-0.2, -0.15) is 0 Å². The second-order valence-corrected chi connectivity index (χ2v) is 22.9. The highest BCUT2D eigenvalue weighted by Crippen LogP contribution is 2.15. The molecule has 0 heterocycles. The molecule has 102 valence electrons. The first-order chi connectivity index (χ1) is 7.81. The van der Waals surface area contributed by atoms with Crippen molar-refractivity contribution in [3.05, 3.63) is 23.0 Å². The second kappa shape index (κ2) is 6.23. The Morgan fingerprint density at radius 2 is 1.33 bits per heavy atom. The monoisotopic (exact) mass is 294 g/mol. The molecule has 0 aliphatic carbocycles. The number of hydrogen-bond acceptors (Lipinski definition) is 0. The predicted molar refractivity (Wildman–Crippen MR) is 95.0 cm³/mol. The van der Waals surface area contributed by atoms with Crippen molar-refractivity contribution >= 4 is 24.2 Å². The molecule has 0 N–H and O–H groups in total. The zero-order valence-electron chi connectivity index (χ0n) is 13.7. The van der Waals surface area contributed by atoms with Gasteiger partial charge in [0.1, 0.15) is 8.07 Å². The standard InChI is InChI=1S/C15H30Si3/c1-16(2,3)13-10-11-15(18(7,8)9)12-14-17(4,5)6/h10-11,13H,1-9H3/b13-10+,15-11-. The summed E-state index contributed by atoms with van der Waals surface area (Å²) >= 11 is 0. The van der Waals surface area contributed by atoms with Gasteiger partial charge in [-0.15, -0.1) is 5.54 Å². The first-order valence-electron chi connectivity index (χ1n) is 6.74. The third-order valence-electron chi connectivity index (χ3n) is 2.24. The van der Waals surface area contributed by atoms with E-state index in [0.717, 1.165) is 0 Å². The van der Waals surface area contributed by atoms with Crippen LogP contribution in [-0.2, 0) is 0 Å². The van der Waals surface area contributed by atoms with Crippen LogP contribution in [0.25, 0.3) is 0 Å². The third-order valence-corrected chi connectivity index (χ3v) is 6.21. The minimum absolute atomic E-state index is 1.09. The minimum Gasteiger partial charge on any atom is -0.127 e. The van der Waals surface area contributed by atoms with Crippen LogP contribution in [0.4, 0.5) is 0 Å². The summed E-state index contributed by atoms with van der Waals surface area (Å²) in [6.45, 7) is 21.1. The molecule has 0 rings (SSSR count). The molecule has 18 heavy (non-hydrogen) atoms. The molecule has 0 amide bonds. The molecule has 0 aromatic rings. The average molecular weight is 295 g/mol. The Hall–Kier alpha value is -0.309. The number of rotatable bonds is 3. The van der Waals surface area contributed by atoms with Gasteiger partial charge in [0.2, 0.25) is 0 Å². The second-order valence-electron chi connectivity index (χ2n) is 8.06. The molecule has 0 radical (unpaired) electrons. The largest absolute Gasteiger partial charge is 0.129 e. The average Bonchev–Trinajstić information content (AvgIpc) is 2.04. The molecule has 0 aliphatic rings. The smallest absolute Gasteiger partial charge is 0.127 e. The molecule has 0 saturated heterocycles. The predicted octanol–water partition coefficient (Wildman–Crippen LogP) is 5.10. The molecule has 0 aromatic carbocycles. The van der Waals surface area contributed by atoms with Crippen molar-refractivity contribution in [3.8, 4) is 11.5 Å². The fraction of sp³-hybridized carbons (Fsp3) is 0.600. The van der Waals surface area contributed by atoms with Gasteiger partial charge >= 0.3 is 0 Å². The van der Waals surface area contributed by atoms with E-state index in [1.165, 1.54) is 5.20 Å². The molecule has 0 fully saturated rings. The van der Waals surface area contributed by atoms with Crippen LogP contribution in [0.1, 0.15) is 0 Å². The van der Waals surface area contributed by atoms with Gasteiger partial charge < -0.3 is 0 Å². The molecule has 0 spiro atoms. The van der Waals surface area contributed by atoms with Crippen molar-refractivity contribution in [2.45, 2.75) is 58.9 Å². The SMILES string of the molecule is C[Si](C)(C)C#C/C(=C/C=C/[Si](C)(C)C)[Si](C)(C)C. The van der Waals surface area contributed by atoms with Crippen molar-refractivity contribution in [1.29, 1.82) is 0 Å². The molecule has 0 aromatic heterocycles. The molecule has 0 nitrogen and oxygen atoms in total. The van der Waals surface area contributed by atoms with Crippen LogP contribution in [-0.4, -0.2) is 24.2 Å². The Morgan fingerprint density at radius 1 is 0.833 bits per heavy atom. The first-order valence-corrected chi connectivity index (χ1v) is 17.3. The summed E-state index contributed by atoms with van der Waals surface area (Å²) in [6.07, 6.45) is 4.52. The summed E-state index contributed by atoms with van der Waals surface area (Å²) in [6, 6.07) is 0. The van der Waals surface area contributed by atoms with Crippen molar-refractivity contribution in [3.63, 3.8) is 0 Å². The van der Waals surface area contributed by atoms with Gasteiger partial charge in [-0.25, -0.2) is 0 Å². The van der Waals surface area contributed by atoms with E-state index in [1.54, 1.807) is 0 Å². The highest BCUT2D eigenvalue weighted by molar-refractivity contribution is 6.86. The topological polar surface area (TPSA) is 0 Å². The van der Waals surface area contributed by atoms with E-state index < -0.39 is 24.2 Å². The van der Waals surface area contributed by atoms with Gasteiger partial charge in [-0.3, -0.25) is 0 Å². The van der Waals surface area contributed by atoms with Crippen molar-refractivity contribution in [1.82, 2.24) is 0 Å². The summed E-state index contributed by atoms with van der Waals surface area (Å²) in [7, 11) is -3.67. The van der Waals surface area contributed by atoms with Crippen LogP contribution in [0.3, 0.4) is 0 Å². The van der Waals surface area contributed by atoms with Gasteiger partial charge in [0.05, 0.1) is 16.1 Å². The van der Waals surface area contributed by atoms with E-state index in [2.05, 4.69) is 88.2 Å². The molecular formula is C15H30Si3. The van der Waals surface area contributed by atoms with E-state index >= 15 is 0 Å². The lowest BCUT2D eigenvalue weighted by Crippen LogP contribution is -2.24. The summed E-state index contributed by atoms with van der Waals surface area (Å²) in [5.74, 6) is 3.48. The lowest BCUT2D eigenvalue weighted by Gasteiger charge is -2.16. The maximum atomic E-state index is 3.51. The van der Waals surface area contributed by atoms with E-state index in [9.17, 15) is 0 Å². The molecule has 3 heteroatoms. The lowest BCUT2D eigenvalue weighted by molar-refractivity contribution is 1.67. The Labute approximate surface area is 118 Å². The van der Waals surface area contributed by atoms with E-state index in [4.69, 9.17) is 0 Å². The molecule has 0 aliphatic heterocycles. The normalized spacial score (nSPS) is 14.6. The van der Waals surface area contributed by atoms with Crippen LogP contribution < -0.4 is 0 Å². The Morgan fingerprint density at radius 3 is 1.67 bits per heavy atom. The molecular weight excluding hydrogens is 264 g/mol. The number of hydrogen-bond donors (Lipinski definition) is 0. The first kappa shape index (κ1) is 17.7. The Bertz CT molecular complexity index is 385. The molecule has 0 saturated carbocycles. The zero-order chi connectivity index (χ0) is 14.6. The van der Waals surface area contributed by atoms with Crippen LogP contribution in [0.5, 0.6) is 0 Å². The fourth-order valence-electron chi connectivity index (χ4n) is 1.17. The van der Waals surface area contributed by atoms with Gasteiger partial charge in [0, 0.05) is 0 Å².